The second kappa shape index (κ2) is 4.56. The molecule has 0 aliphatic rings. The first-order valence-corrected chi connectivity index (χ1v) is 5.26. The molecule has 0 fully saturated rings. The maximum absolute atomic E-state index is 10.7. The average molecular weight is 289 g/mol. The van der Waals surface area contributed by atoms with E-state index >= 15 is 0 Å². The van der Waals surface area contributed by atoms with Crippen molar-refractivity contribution in [1.82, 2.24) is 0 Å². The Hall–Kier alpha value is -1.50. The molecule has 0 atom stereocenters. The van der Waals surface area contributed by atoms with Crippen LogP contribution in [0.25, 0.3) is 0 Å². The molecule has 1 aromatic rings. The summed E-state index contributed by atoms with van der Waals surface area (Å²) in [5.74, 6) is -0.00880. The largest absolute Gasteiger partial charge is 0.290 e. The van der Waals surface area contributed by atoms with E-state index in [0.717, 1.165) is 0 Å². The van der Waals surface area contributed by atoms with Crippen LogP contribution in [0.1, 0.15) is 25.3 Å². The molecule has 7 heteroatoms. The van der Waals surface area contributed by atoms with Gasteiger partial charge in [-0.15, -0.1) is 0 Å². The molecule has 6 nitrogen and oxygen atoms in total. The summed E-state index contributed by atoms with van der Waals surface area (Å²) in [5, 5.41) is 21.4. The third-order valence-corrected chi connectivity index (χ3v) is 2.93. The number of halogens is 1. The lowest BCUT2D eigenvalue weighted by Gasteiger charge is -2.06. The van der Waals surface area contributed by atoms with E-state index in [-0.39, 0.29) is 21.8 Å². The van der Waals surface area contributed by atoms with E-state index < -0.39 is 9.85 Å². The van der Waals surface area contributed by atoms with E-state index in [9.17, 15) is 20.2 Å². The van der Waals surface area contributed by atoms with Crippen molar-refractivity contribution in [3.63, 3.8) is 0 Å². The maximum atomic E-state index is 10.7. The van der Waals surface area contributed by atoms with Crippen molar-refractivity contribution in [2.45, 2.75) is 19.8 Å². The standard InChI is InChI=1S/C9H9BrN2O4/c1-5(2)6-3-7(11(13)14)9(10)8(4-6)12(15)16/h3-5H,1-2H3. The second-order valence-corrected chi connectivity index (χ2v) is 4.34. The van der Waals surface area contributed by atoms with Crippen LogP contribution < -0.4 is 0 Å². The average Bonchev–Trinajstić information content (AvgIpc) is 2.16. The fraction of sp³-hybridized carbons (Fsp3) is 0.333. The lowest BCUT2D eigenvalue weighted by atomic mass is 10.0. The zero-order chi connectivity index (χ0) is 12.5. The van der Waals surface area contributed by atoms with E-state index in [1.54, 1.807) is 0 Å². The highest BCUT2D eigenvalue weighted by Crippen LogP contribution is 2.37. The normalized spacial score (nSPS) is 10.5. The van der Waals surface area contributed by atoms with E-state index in [1.807, 2.05) is 13.8 Å². The number of hydrogen-bond donors (Lipinski definition) is 0. The van der Waals surface area contributed by atoms with Gasteiger partial charge in [0.1, 0.15) is 0 Å². The predicted octanol–water partition coefficient (Wildman–Crippen LogP) is 3.39. The molecule has 0 heterocycles. The molecule has 0 aromatic heterocycles. The summed E-state index contributed by atoms with van der Waals surface area (Å²) in [6.45, 7) is 3.63. The zero-order valence-electron chi connectivity index (χ0n) is 8.64. The number of nitro groups is 2. The fourth-order valence-corrected chi connectivity index (χ4v) is 1.73. The van der Waals surface area contributed by atoms with Crippen LogP contribution in [0.15, 0.2) is 16.6 Å². The quantitative estimate of drug-likeness (QED) is 0.630. The topological polar surface area (TPSA) is 86.3 Å². The van der Waals surface area contributed by atoms with Crippen LogP contribution in [0.3, 0.4) is 0 Å². The van der Waals surface area contributed by atoms with Crippen molar-refractivity contribution in [2.75, 3.05) is 0 Å². The Kier molecular flexibility index (Phi) is 3.58. The predicted molar refractivity (Wildman–Crippen MR) is 61.5 cm³/mol. The number of hydrogen-bond acceptors (Lipinski definition) is 4. The summed E-state index contributed by atoms with van der Waals surface area (Å²) < 4.78 is -0.0908. The van der Waals surface area contributed by atoms with Crippen molar-refractivity contribution in [3.05, 3.63) is 42.4 Å². The molecule has 0 bridgehead atoms. The Balaban J connectivity index is 3.51. The molecular weight excluding hydrogens is 280 g/mol. The highest BCUT2D eigenvalue weighted by Gasteiger charge is 2.25. The van der Waals surface area contributed by atoms with Gasteiger partial charge in [-0.05, 0) is 27.4 Å². The van der Waals surface area contributed by atoms with Crippen LogP contribution in [0, 0.1) is 20.2 Å². The van der Waals surface area contributed by atoms with Gasteiger partial charge in [0.2, 0.25) is 0 Å². The minimum absolute atomic E-state index is 0.00880. The fourth-order valence-electron chi connectivity index (χ4n) is 1.21. The highest BCUT2D eigenvalue weighted by molar-refractivity contribution is 9.10. The number of nitro benzene ring substituents is 2. The molecule has 0 amide bonds. The van der Waals surface area contributed by atoms with Gasteiger partial charge in [0.15, 0.2) is 4.47 Å². The SMILES string of the molecule is CC(C)c1cc([N+](=O)[O-])c(Br)c([N+](=O)[O-])c1. The number of nitrogens with zero attached hydrogens (tertiary/aromatic N) is 2. The molecule has 16 heavy (non-hydrogen) atoms. The summed E-state index contributed by atoms with van der Waals surface area (Å²) in [4.78, 5) is 20.2. The van der Waals surface area contributed by atoms with Crippen molar-refractivity contribution >= 4 is 27.3 Å². The Morgan fingerprint density at radius 3 is 1.75 bits per heavy atom. The molecule has 0 aliphatic carbocycles. The molecule has 0 spiro atoms. The van der Waals surface area contributed by atoms with E-state index in [0.29, 0.717) is 5.56 Å². The van der Waals surface area contributed by atoms with Crippen molar-refractivity contribution in [1.29, 1.82) is 0 Å². The van der Waals surface area contributed by atoms with Crippen LogP contribution in [0.5, 0.6) is 0 Å². The Morgan fingerprint density at radius 2 is 1.50 bits per heavy atom. The second-order valence-electron chi connectivity index (χ2n) is 3.54. The summed E-state index contributed by atoms with van der Waals surface area (Å²) in [6, 6.07) is 2.70. The number of rotatable bonds is 3. The number of benzene rings is 1. The molecule has 0 saturated heterocycles. The molecule has 1 aromatic carbocycles. The Bertz CT molecular complexity index is 424. The van der Waals surface area contributed by atoms with Gasteiger partial charge in [-0.3, -0.25) is 20.2 Å². The van der Waals surface area contributed by atoms with Crippen LogP contribution in [0.4, 0.5) is 11.4 Å². The zero-order valence-corrected chi connectivity index (χ0v) is 10.2. The first kappa shape index (κ1) is 12.6. The van der Waals surface area contributed by atoms with E-state index in [4.69, 9.17) is 0 Å². The van der Waals surface area contributed by atoms with Crippen molar-refractivity contribution in [2.24, 2.45) is 0 Å². The molecular formula is C9H9BrN2O4. The third-order valence-electron chi connectivity index (χ3n) is 2.12. The van der Waals surface area contributed by atoms with Crippen LogP contribution in [0.2, 0.25) is 0 Å². The summed E-state index contributed by atoms with van der Waals surface area (Å²) in [7, 11) is 0. The van der Waals surface area contributed by atoms with Gasteiger partial charge in [0.25, 0.3) is 11.4 Å². The van der Waals surface area contributed by atoms with Gasteiger partial charge < -0.3 is 0 Å². The molecule has 0 saturated carbocycles. The van der Waals surface area contributed by atoms with Crippen molar-refractivity contribution in [3.8, 4) is 0 Å². The minimum Gasteiger partial charge on any atom is -0.258 e. The third kappa shape index (κ3) is 2.35. The van der Waals surface area contributed by atoms with Gasteiger partial charge in [0.05, 0.1) is 9.85 Å². The molecule has 0 unspecified atom stereocenters. The molecule has 0 aliphatic heterocycles. The van der Waals surface area contributed by atoms with Gasteiger partial charge in [-0.1, -0.05) is 13.8 Å². The maximum Gasteiger partial charge on any atom is 0.290 e. The monoisotopic (exact) mass is 288 g/mol. The van der Waals surface area contributed by atoms with Crippen LogP contribution >= 0.6 is 15.9 Å². The molecule has 0 radical (unpaired) electrons. The van der Waals surface area contributed by atoms with E-state index in [2.05, 4.69) is 15.9 Å². The smallest absolute Gasteiger partial charge is 0.258 e. The van der Waals surface area contributed by atoms with Gasteiger partial charge in [0, 0.05) is 12.1 Å². The van der Waals surface area contributed by atoms with Gasteiger partial charge in [-0.25, -0.2) is 0 Å². The highest BCUT2D eigenvalue weighted by atomic mass is 79.9. The molecule has 1 rings (SSSR count). The molecule has 0 N–H and O–H groups in total. The van der Waals surface area contributed by atoms with Crippen LogP contribution in [-0.4, -0.2) is 9.85 Å². The van der Waals surface area contributed by atoms with Gasteiger partial charge >= 0.3 is 0 Å². The molecule has 86 valence electrons. The summed E-state index contributed by atoms with van der Waals surface area (Å²) >= 11 is 2.88. The van der Waals surface area contributed by atoms with Crippen molar-refractivity contribution < 1.29 is 9.85 Å². The lowest BCUT2D eigenvalue weighted by Crippen LogP contribution is -1.98. The first-order valence-electron chi connectivity index (χ1n) is 4.46. The summed E-state index contributed by atoms with van der Waals surface area (Å²) in [5.41, 5.74) is 0.0115. The first-order chi connectivity index (χ1) is 7.34. The van der Waals surface area contributed by atoms with Gasteiger partial charge in [-0.2, -0.15) is 0 Å². The van der Waals surface area contributed by atoms with E-state index in [1.165, 1.54) is 12.1 Å². The van der Waals surface area contributed by atoms with Crippen LogP contribution in [-0.2, 0) is 0 Å². The minimum atomic E-state index is -0.636. The lowest BCUT2D eigenvalue weighted by molar-refractivity contribution is -0.395. The summed E-state index contributed by atoms with van der Waals surface area (Å²) in [6.07, 6.45) is 0. The Morgan fingerprint density at radius 1 is 1.12 bits per heavy atom. The Labute approximate surface area is 99.7 Å².